The molecule has 1 amide bonds. The molecule has 1 heterocycles. The van der Waals surface area contributed by atoms with Crippen molar-refractivity contribution in [3.63, 3.8) is 0 Å². The molecule has 0 radical (unpaired) electrons. The van der Waals surface area contributed by atoms with Crippen LogP contribution in [0, 0.1) is 6.92 Å². The molecule has 0 saturated heterocycles. The average molecular weight is 274 g/mol. The highest BCUT2D eigenvalue weighted by Gasteiger charge is 2.20. The highest BCUT2D eigenvalue weighted by atomic mass is 16.5. The van der Waals surface area contributed by atoms with E-state index >= 15 is 0 Å². The van der Waals surface area contributed by atoms with E-state index in [1.807, 2.05) is 0 Å². The number of rotatable bonds is 4. The summed E-state index contributed by atoms with van der Waals surface area (Å²) in [4.78, 5) is 23.6. The SMILES string of the molecule is Cc1cc(NC(=O)[C@H](C)OC(=O)c2ccccc2)on1. The zero-order valence-corrected chi connectivity index (χ0v) is 11.1. The molecule has 2 aromatic rings. The minimum atomic E-state index is -0.937. The molecule has 6 nitrogen and oxygen atoms in total. The van der Waals surface area contributed by atoms with Crippen LogP contribution in [0.5, 0.6) is 0 Å². The van der Waals surface area contributed by atoms with Crippen molar-refractivity contribution in [1.29, 1.82) is 0 Å². The molecule has 0 bridgehead atoms. The van der Waals surface area contributed by atoms with Gasteiger partial charge in [-0.25, -0.2) is 4.79 Å². The van der Waals surface area contributed by atoms with Crippen LogP contribution >= 0.6 is 0 Å². The Morgan fingerprint density at radius 2 is 2.00 bits per heavy atom. The second-order valence-corrected chi connectivity index (χ2v) is 4.24. The minimum absolute atomic E-state index is 0.218. The third-order valence-corrected chi connectivity index (χ3v) is 2.54. The van der Waals surface area contributed by atoms with Gasteiger partial charge in [0.1, 0.15) is 0 Å². The molecule has 1 aromatic heterocycles. The fourth-order valence-electron chi connectivity index (χ4n) is 1.50. The summed E-state index contributed by atoms with van der Waals surface area (Å²) in [5, 5.41) is 6.11. The van der Waals surface area contributed by atoms with Crippen molar-refractivity contribution in [1.82, 2.24) is 5.16 Å². The van der Waals surface area contributed by atoms with Gasteiger partial charge in [-0.2, -0.15) is 0 Å². The van der Waals surface area contributed by atoms with Crippen LogP contribution in [0.15, 0.2) is 40.9 Å². The van der Waals surface area contributed by atoms with E-state index in [0.29, 0.717) is 11.3 Å². The Morgan fingerprint density at radius 1 is 1.30 bits per heavy atom. The molecule has 2 rings (SSSR count). The van der Waals surface area contributed by atoms with Crippen molar-refractivity contribution in [2.45, 2.75) is 20.0 Å². The van der Waals surface area contributed by atoms with Gasteiger partial charge in [0.25, 0.3) is 5.91 Å². The maximum absolute atomic E-state index is 11.8. The normalized spacial score (nSPS) is 11.7. The fourth-order valence-corrected chi connectivity index (χ4v) is 1.50. The Hall–Kier alpha value is -2.63. The summed E-state index contributed by atoms with van der Waals surface area (Å²) < 4.78 is 9.92. The van der Waals surface area contributed by atoms with Gasteiger partial charge in [0.05, 0.1) is 11.3 Å². The number of hydrogen-bond acceptors (Lipinski definition) is 5. The van der Waals surface area contributed by atoms with Crippen molar-refractivity contribution in [2.24, 2.45) is 0 Å². The largest absolute Gasteiger partial charge is 0.449 e. The quantitative estimate of drug-likeness (QED) is 0.864. The van der Waals surface area contributed by atoms with E-state index in [1.54, 1.807) is 43.3 Å². The zero-order chi connectivity index (χ0) is 14.5. The van der Waals surface area contributed by atoms with Gasteiger partial charge in [0, 0.05) is 6.07 Å². The lowest BCUT2D eigenvalue weighted by atomic mass is 10.2. The standard InChI is InChI=1S/C14H14N2O4/c1-9-8-12(20-16-9)15-13(17)10(2)19-14(18)11-6-4-3-5-7-11/h3-8,10H,1-2H3,(H,15,17)/t10-/m0/s1. The number of carbonyl (C=O) groups excluding carboxylic acids is 2. The number of amides is 1. The molecule has 0 aliphatic carbocycles. The molecule has 1 aromatic carbocycles. The summed E-state index contributed by atoms with van der Waals surface area (Å²) in [5.74, 6) is -0.817. The molecule has 1 N–H and O–H groups in total. The van der Waals surface area contributed by atoms with Crippen molar-refractivity contribution in [3.8, 4) is 0 Å². The average Bonchev–Trinajstić information content (AvgIpc) is 2.85. The molecule has 0 aliphatic heterocycles. The Bertz CT molecular complexity index is 607. The maximum atomic E-state index is 11.8. The first-order valence-electron chi connectivity index (χ1n) is 6.06. The summed E-state index contributed by atoms with van der Waals surface area (Å²) in [6.07, 6.45) is -0.937. The van der Waals surface area contributed by atoms with E-state index < -0.39 is 18.0 Å². The van der Waals surface area contributed by atoms with E-state index in [9.17, 15) is 9.59 Å². The van der Waals surface area contributed by atoms with Crippen LogP contribution in [0.2, 0.25) is 0 Å². The minimum Gasteiger partial charge on any atom is -0.449 e. The van der Waals surface area contributed by atoms with E-state index in [4.69, 9.17) is 9.26 Å². The summed E-state index contributed by atoms with van der Waals surface area (Å²) in [6.45, 7) is 3.22. The summed E-state index contributed by atoms with van der Waals surface area (Å²) in [5.41, 5.74) is 1.04. The van der Waals surface area contributed by atoms with Gasteiger partial charge in [-0.15, -0.1) is 0 Å². The monoisotopic (exact) mass is 274 g/mol. The second-order valence-electron chi connectivity index (χ2n) is 4.24. The van der Waals surface area contributed by atoms with Crippen LogP contribution in [0.3, 0.4) is 0 Å². The van der Waals surface area contributed by atoms with Crippen molar-refractivity contribution < 1.29 is 18.8 Å². The van der Waals surface area contributed by atoms with Gasteiger partial charge in [0.15, 0.2) is 6.10 Å². The maximum Gasteiger partial charge on any atom is 0.338 e. The topological polar surface area (TPSA) is 81.4 Å². The molecular weight excluding hydrogens is 260 g/mol. The van der Waals surface area contributed by atoms with Gasteiger partial charge in [-0.1, -0.05) is 23.4 Å². The van der Waals surface area contributed by atoms with E-state index in [-0.39, 0.29) is 5.88 Å². The van der Waals surface area contributed by atoms with Gasteiger partial charge in [-0.05, 0) is 26.0 Å². The zero-order valence-electron chi connectivity index (χ0n) is 11.1. The summed E-state index contributed by atoms with van der Waals surface area (Å²) >= 11 is 0. The van der Waals surface area contributed by atoms with Crippen LogP contribution in [0.25, 0.3) is 0 Å². The molecule has 6 heteroatoms. The Kier molecular flexibility index (Phi) is 4.14. The van der Waals surface area contributed by atoms with Gasteiger partial charge < -0.3 is 9.26 Å². The van der Waals surface area contributed by atoms with Crippen molar-refractivity contribution >= 4 is 17.8 Å². The van der Waals surface area contributed by atoms with Gasteiger partial charge >= 0.3 is 5.97 Å². The van der Waals surface area contributed by atoms with Crippen LogP contribution in [-0.4, -0.2) is 23.1 Å². The number of ether oxygens (including phenoxy) is 1. The Labute approximate surface area is 115 Å². The highest BCUT2D eigenvalue weighted by Crippen LogP contribution is 2.10. The van der Waals surface area contributed by atoms with Crippen molar-refractivity contribution in [3.05, 3.63) is 47.7 Å². The fraction of sp³-hybridized carbons (Fsp3) is 0.214. The van der Waals surface area contributed by atoms with Gasteiger partial charge in [0.2, 0.25) is 5.88 Å². The first kappa shape index (κ1) is 13.8. The molecular formula is C14H14N2O4. The van der Waals surface area contributed by atoms with Gasteiger partial charge in [-0.3, -0.25) is 10.1 Å². The van der Waals surface area contributed by atoms with Crippen LogP contribution < -0.4 is 5.32 Å². The molecule has 0 saturated carbocycles. The lowest BCUT2D eigenvalue weighted by Gasteiger charge is -2.11. The first-order chi connectivity index (χ1) is 9.56. The molecule has 0 fully saturated rings. The number of benzene rings is 1. The predicted molar refractivity (Wildman–Crippen MR) is 71.2 cm³/mol. The molecule has 0 aliphatic rings. The molecule has 0 spiro atoms. The molecule has 104 valence electrons. The lowest BCUT2D eigenvalue weighted by molar-refractivity contribution is -0.123. The van der Waals surface area contributed by atoms with E-state index in [2.05, 4.69) is 10.5 Å². The molecule has 20 heavy (non-hydrogen) atoms. The summed E-state index contributed by atoms with van der Waals surface area (Å²) in [6, 6.07) is 10.0. The first-order valence-corrected chi connectivity index (χ1v) is 6.06. The number of aryl methyl sites for hydroxylation is 1. The Balaban J connectivity index is 1.92. The smallest absolute Gasteiger partial charge is 0.338 e. The molecule has 1 atom stereocenters. The summed E-state index contributed by atoms with van der Waals surface area (Å²) in [7, 11) is 0. The predicted octanol–water partition coefficient (Wildman–Crippen LogP) is 2.17. The number of nitrogens with one attached hydrogen (secondary N) is 1. The van der Waals surface area contributed by atoms with Crippen LogP contribution in [0.1, 0.15) is 23.0 Å². The van der Waals surface area contributed by atoms with E-state index in [0.717, 1.165) is 0 Å². The number of nitrogens with zero attached hydrogens (tertiary/aromatic N) is 1. The number of carbonyl (C=O) groups is 2. The lowest BCUT2D eigenvalue weighted by Crippen LogP contribution is -2.29. The molecule has 0 unspecified atom stereocenters. The number of aromatic nitrogens is 1. The Morgan fingerprint density at radius 3 is 2.60 bits per heavy atom. The number of hydrogen-bond donors (Lipinski definition) is 1. The highest BCUT2D eigenvalue weighted by molar-refractivity contribution is 5.96. The third-order valence-electron chi connectivity index (χ3n) is 2.54. The van der Waals surface area contributed by atoms with E-state index in [1.165, 1.54) is 6.92 Å². The van der Waals surface area contributed by atoms with Crippen molar-refractivity contribution in [2.75, 3.05) is 5.32 Å². The number of esters is 1. The van der Waals surface area contributed by atoms with Crippen LogP contribution in [0.4, 0.5) is 5.88 Å². The number of anilines is 1. The van der Waals surface area contributed by atoms with Crippen LogP contribution in [-0.2, 0) is 9.53 Å². The second kappa shape index (κ2) is 6.01. The third kappa shape index (κ3) is 3.44.